The van der Waals surface area contributed by atoms with Gasteiger partial charge in [-0.3, -0.25) is 9.59 Å². The van der Waals surface area contributed by atoms with Crippen LogP contribution in [0.2, 0.25) is 0 Å². The number of rotatable bonds is 8. The second-order valence-corrected chi connectivity index (χ2v) is 9.93. The zero-order valence-electron chi connectivity index (χ0n) is 17.5. The van der Waals surface area contributed by atoms with E-state index >= 15 is 0 Å². The van der Waals surface area contributed by atoms with Crippen molar-refractivity contribution in [3.8, 4) is 11.1 Å². The van der Waals surface area contributed by atoms with E-state index in [0.717, 1.165) is 28.1 Å². The molecule has 0 saturated carbocycles. The maximum absolute atomic E-state index is 13.1. The molecule has 2 heterocycles. The van der Waals surface area contributed by atoms with Gasteiger partial charge in [-0.25, -0.2) is 10.4 Å². The smallest absolute Gasteiger partial charge is 0.416 e. The average molecular weight is 555 g/mol. The molecule has 35 heavy (non-hydrogen) atoms. The van der Waals surface area contributed by atoms with Crippen LogP contribution in [0.5, 0.6) is 0 Å². The van der Waals surface area contributed by atoms with E-state index in [-0.39, 0.29) is 32.8 Å². The molecule has 188 valence electrons. The SMILES string of the molecule is O=C(O)CCCCNN1C(=O)/C(=C/c2cc(-c3cc(C(F)(F)F)cc(C(F)(F)F)c3)cs2)SC1=S. The predicted molar refractivity (Wildman–Crippen MR) is 124 cm³/mol. The minimum absolute atomic E-state index is 0.00295. The summed E-state index contributed by atoms with van der Waals surface area (Å²) in [6.45, 7) is 0.313. The Hall–Kier alpha value is -2.42. The first-order valence-electron chi connectivity index (χ1n) is 9.87. The summed E-state index contributed by atoms with van der Waals surface area (Å²) in [5.74, 6) is -1.39. The molecule has 1 saturated heterocycles. The number of hydrazine groups is 1. The lowest BCUT2D eigenvalue weighted by Crippen LogP contribution is -2.41. The average Bonchev–Trinajstić information content (AvgIpc) is 3.31. The van der Waals surface area contributed by atoms with Crippen molar-refractivity contribution < 1.29 is 41.0 Å². The van der Waals surface area contributed by atoms with E-state index in [1.807, 2.05) is 0 Å². The monoisotopic (exact) mass is 554 g/mol. The molecule has 1 amide bonds. The number of unbranched alkanes of at least 4 members (excludes halogenated alkanes) is 1. The molecule has 0 unspecified atom stereocenters. The highest BCUT2D eigenvalue weighted by atomic mass is 32.2. The van der Waals surface area contributed by atoms with Crippen LogP contribution in [0.3, 0.4) is 0 Å². The lowest BCUT2D eigenvalue weighted by molar-refractivity contribution is -0.143. The molecule has 1 aliphatic rings. The van der Waals surface area contributed by atoms with E-state index in [9.17, 15) is 35.9 Å². The molecule has 0 atom stereocenters. The van der Waals surface area contributed by atoms with E-state index in [0.29, 0.717) is 36.4 Å². The first-order valence-corrected chi connectivity index (χ1v) is 12.0. The van der Waals surface area contributed by atoms with Gasteiger partial charge in [-0.1, -0.05) is 24.0 Å². The minimum atomic E-state index is -4.95. The summed E-state index contributed by atoms with van der Waals surface area (Å²) in [6.07, 6.45) is -7.55. The number of hydrogen-bond donors (Lipinski definition) is 2. The fourth-order valence-corrected chi connectivity index (χ4v) is 5.16. The van der Waals surface area contributed by atoms with E-state index < -0.39 is 35.4 Å². The van der Waals surface area contributed by atoms with Crippen LogP contribution in [0, 0.1) is 0 Å². The number of amides is 1. The third-order valence-electron chi connectivity index (χ3n) is 4.70. The third-order valence-corrected chi connectivity index (χ3v) is 6.88. The number of aliphatic carboxylic acids is 1. The quantitative estimate of drug-likeness (QED) is 0.170. The zero-order valence-corrected chi connectivity index (χ0v) is 19.9. The lowest BCUT2D eigenvalue weighted by Gasteiger charge is -2.15. The van der Waals surface area contributed by atoms with Crippen LogP contribution in [-0.2, 0) is 21.9 Å². The van der Waals surface area contributed by atoms with Crippen LogP contribution in [0.15, 0.2) is 34.6 Å². The van der Waals surface area contributed by atoms with Crippen molar-refractivity contribution in [3.05, 3.63) is 50.6 Å². The zero-order chi connectivity index (χ0) is 26.0. The van der Waals surface area contributed by atoms with E-state index in [1.165, 1.54) is 17.5 Å². The van der Waals surface area contributed by atoms with Crippen molar-refractivity contribution in [1.29, 1.82) is 0 Å². The van der Waals surface area contributed by atoms with Gasteiger partial charge >= 0.3 is 18.3 Å². The third kappa shape index (κ3) is 7.06. The van der Waals surface area contributed by atoms with Crippen molar-refractivity contribution >= 4 is 57.6 Å². The van der Waals surface area contributed by atoms with Gasteiger partial charge in [-0.05, 0) is 59.7 Å². The molecule has 0 aliphatic carbocycles. The topological polar surface area (TPSA) is 69.6 Å². The Labute approximate surface area is 208 Å². The Morgan fingerprint density at radius 3 is 2.23 bits per heavy atom. The van der Waals surface area contributed by atoms with Gasteiger partial charge in [0.05, 0.1) is 16.0 Å². The van der Waals surface area contributed by atoms with Crippen molar-refractivity contribution in [3.63, 3.8) is 0 Å². The van der Waals surface area contributed by atoms with Gasteiger partial charge < -0.3 is 5.11 Å². The number of thioether (sulfide) groups is 1. The fraction of sp³-hybridized carbons (Fsp3) is 0.286. The van der Waals surface area contributed by atoms with Gasteiger partial charge in [0.25, 0.3) is 5.91 Å². The maximum atomic E-state index is 13.1. The minimum Gasteiger partial charge on any atom is -0.481 e. The summed E-state index contributed by atoms with van der Waals surface area (Å²) in [7, 11) is 0. The van der Waals surface area contributed by atoms with Crippen LogP contribution >= 0.6 is 35.3 Å². The Morgan fingerprint density at radius 2 is 1.66 bits per heavy atom. The molecule has 14 heteroatoms. The largest absolute Gasteiger partial charge is 0.481 e. The van der Waals surface area contributed by atoms with Crippen molar-refractivity contribution in [2.24, 2.45) is 0 Å². The van der Waals surface area contributed by atoms with Crippen molar-refractivity contribution in [2.45, 2.75) is 31.6 Å². The molecular weight excluding hydrogens is 538 g/mol. The second-order valence-electron chi connectivity index (χ2n) is 7.31. The van der Waals surface area contributed by atoms with Gasteiger partial charge in [0.2, 0.25) is 0 Å². The number of carboxylic acid groups (broad SMARTS) is 1. The Balaban J connectivity index is 1.78. The number of benzene rings is 1. The van der Waals surface area contributed by atoms with Crippen molar-refractivity contribution in [2.75, 3.05) is 6.54 Å². The summed E-state index contributed by atoms with van der Waals surface area (Å²) in [5.41, 5.74) is -0.111. The standard InChI is InChI=1S/C21H16F6N2O3S3/c22-20(23,24)13-5-11(6-14(8-13)21(25,26)27)12-7-15(34-10-12)9-16-18(32)29(19(33)35-16)28-4-2-1-3-17(30)31/h5-10,28H,1-4H2,(H,30,31)/b16-9-. The number of thiocarbonyl (C=S) groups is 1. The highest BCUT2D eigenvalue weighted by Gasteiger charge is 2.37. The van der Waals surface area contributed by atoms with E-state index in [4.69, 9.17) is 17.3 Å². The first-order chi connectivity index (χ1) is 16.3. The Kier molecular flexibility index (Phi) is 8.29. The fourth-order valence-electron chi connectivity index (χ4n) is 3.03. The number of alkyl halides is 6. The number of nitrogens with zero attached hydrogens (tertiary/aromatic N) is 1. The van der Waals surface area contributed by atoms with Crippen LogP contribution in [0.1, 0.15) is 35.3 Å². The molecule has 1 fully saturated rings. The highest BCUT2D eigenvalue weighted by Crippen LogP contribution is 2.40. The molecule has 0 bridgehead atoms. The van der Waals surface area contributed by atoms with Gasteiger partial charge in [0.15, 0.2) is 4.32 Å². The second kappa shape index (κ2) is 10.7. The number of carbonyl (C=O) groups excluding carboxylic acids is 1. The van der Waals surface area contributed by atoms with Gasteiger partial charge in [-0.2, -0.15) is 26.3 Å². The molecule has 0 spiro atoms. The van der Waals surface area contributed by atoms with Crippen LogP contribution in [0.25, 0.3) is 17.2 Å². The van der Waals surface area contributed by atoms with Gasteiger partial charge in [-0.15, -0.1) is 11.3 Å². The maximum Gasteiger partial charge on any atom is 0.416 e. The number of nitrogens with one attached hydrogen (secondary N) is 1. The summed E-state index contributed by atoms with van der Waals surface area (Å²) in [6, 6.07) is 2.76. The van der Waals surface area contributed by atoms with Crippen LogP contribution in [-0.4, -0.2) is 32.9 Å². The summed E-state index contributed by atoms with van der Waals surface area (Å²) < 4.78 is 79.1. The number of thiophene rings is 1. The number of hydrogen-bond acceptors (Lipinski definition) is 6. The van der Waals surface area contributed by atoms with E-state index in [1.54, 1.807) is 0 Å². The summed E-state index contributed by atoms with van der Waals surface area (Å²) in [4.78, 5) is 23.8. The van der Waals surface area contributed by atoms with Crippen LogP contribution in [0.4, 0.5) is 26.3 Å². The first kappa shape index (κ1) is 27.2. The molecule has 0 radical (unpaired) electrons. The molecule has 5 nitrogen and oxygen atoms in total. The molecule has 1 aromatic heterocycles. The summed E-state index contributed by atoms with van der Waals surface area (Å²) >= 11 is 7.20. The normalized spacial score (nSPS) is 15.9. The number of halogens is 6. The lowest BCUT2D eigenvalue weighted by atomic mass is 10.0. The van der Waals surface area contributed by atoms with Crippen molar-refractivity contribution in [1.82, 2.24) is 10.4 Å². The van der Waals surface area contributed by atoms with Gasteiger partial charge in [0.1, 0.15) is 0 Å². The molecule has 1 aliphatic heterocycles. The van der Waals surface area contributed by atoms with Gasteiger partial charge in [0, 0.05) is 17.8 Å². The molecule has 2 aromatic rings. The Morgan fingerprint density at radius 1 is 1.03 bits per heavy atom. The van der Waals surface area contributed by atoms with Crippen LogP contribution < -0.4 is 5.43 Å². The molecule has 1 aromatic carbocycles. The molecular formula is C21H16F6N2O3S3. The molecule has 3 rings (SSSR count). The molecule has 2 N–H and O–H groups in total. The Bertz CT molecular complexity index is 1140. The predicted octanol–water partition coefficient (Wildman–Crippen LogP) is 6.41. The number of carbonyl (C=O) groups is 2. The highest BCUT2D eigenvalue weighted by molar-refractivity contribution is 8.26. The number of carboxylic acids is 1. The van der Waals surface area contributed by atoms with E-state index in [2.05, 4.69) is 5.43 Å². The summed E-state index contributed by atoms with van der Waals surface area (Å²) in [5, 5.41) is 11.2.